The van der Waals surface area contributed by atoms with E-state index in [1.54, 1.807) is 0 Å². The van der Waals surface area contributed by atoms with E-state index >= 15 is 0 Å². The average Bonchev–Trinajstić information content (AvgIpc) is 3.18. The number of hydrogen-bond donors (Lipinski definition) is 1. The monoisotopic (exact) mass is 363 g/mol. The summed E-state index contributed by atoms with van der Waals surface area (Å²) in [4.78, 5) is 13.4. The molecule has 0 unspecified atom stereocenters. The van der Waals surface area contributed by atoms with Gasteiger partial charge < -0.3 is 10.3 Å². The predicted octanol–water partition coefficient (Wildman–Crippen LogP) is 3.59. The first-order chi connectivity index (χ1) is 11.5. The maximum absolute atomic E-state index is 14.0. The van der Waals surface area contributed by atoms with Crippen molar-refractivity contribution in [1.82, 2.24) is 20.1 Å². The number of aryl methyl sites for hydroxylation is 2. The van der Waals surface area contributed by atoms with E-state index < -0.39 is 11.4 Å². The molecule has 2 heterocycles. The van der Waals surface area contributed by atoms with Crippen LogP contribution in [0.3, 0.4) is 0 Å². The molecule has 0 atom stereocenters. The summed E-state index contributed by atoms with van der Waals surface area (Å²) in [6.07, 6.45) is 3.75. The number of rotatable bonds is 2. The van der Waals surface area contributed by atoms with Gasteiger partial charge in [-0.05, 0) is 32.8 Å². The predicted molar refractivity (Wildman–Crippen MR) is 93.8 cm³/mol. The second-order valence-corrected chi connectivity index (χ2v) is 6.50. The highest BCUT2D eigenvalue weighted by molar-refractivity contribution is 5.89. The largest absolute Gasteiger partial charge is 0.334 e. The average molecular weight is 364 g/mol. The third-order valence-electron chi connectivity index (χ3n) is 4.74. The van der Waals surface area contributed by atoms with Gasteiger partial charge in [0.05, 0.1) is 28.0 Å². The van der Waals surface area contributed by atoms with Gasteiger partial charge in [-0.25, -0.2) is 14.4 Å². The molecule has 3 aromatic rings. The van der Waals surface area contributed by atoms with Crippen LogP contribution in [0.4, 0.5) is 4.39 Å². The summed E-state index contributed by atoms with van der Waals surface area (Å²) in [5.41, 5.74) is 8.82. The van der Waals surface area contributed by atoms with Crippen LogP contribution in [-0.4, -0.2) is 20.1 Å². The van der Waals surface area contributed by atoms with Gasteiger partial charge in [0.2, 0.25) is 0 Å². The molecule has 8 heteroatoms. The molecule has 2 N–H and O–H groups in total. The van der Waals surface area contributed by atoms with E-state index in [1.165, 1.54) is 12.1 Å². The molecule has 1 fully saturated rings. The Morgan fingerprint density at radius 2 is 1.76 bits per heavy atom. The van der Waals surface area contributed by atoms with Gasteiger partial charge in [0.15, 0.2) is 5.82 Å². The van der Waals surface area contributed by atoms with Crippen molar-refractivity contribution in [3.05, 3.63) is 35.2 Å². The first-order valence-electron chi connectivity index (χ1n) is 8.04. The van der Waals surface area contributed by atoms with E-state index in [4.69, 9.17) is 10.3 Å². The minimum absolute atomic E-state index is 0. The highest BCUT2D eigenvalue weighted by Gasteiger charge is 2.36. The molecule has 0 aliphatic heterocycles. The lowest BCUT2D eigenvalue weighted by Crippen LogP contribution is -2.34. The summed E-state index contributed by atoms with van der Waals surface area (Å²) in [6, 6.07) is 2.71. The molecule has 25 heavy (non-hydrogen) atoms. The van der Waals surface area contributed by atoms with Crippen molar-refractivity contribution >= 4 is 23.4 Å². The molecule has 0 saturated heterocycles. The molecule has 0 spiro atoms. The third kappa shape index (κ3) is 2.98. The Bertz CT molecular complexity index is 936. The maximum Gasteiger partial charge on any atom is 0.260 e. The lowest BCUT2D eigenvalue weighted by molar-refractivity contribution is 0.372. The van der Waals surface area contributed by atoms with Crippen molar-refractivity contribution in [3.63, 3.8) is 0 Å². The molecule has 132 valence electrons. The van der Waals surface area contributed by atoms with Gasteiger partial charge in [-0.2, -0.15) is 4.98 Å². The van der Waals surface area contributed by atoms with Gasteiger partial charge in [0.1, 0.15) is 11.3 Å². The van der Waals surface area contributed by atoms with E-state index in [2.05, 4.69) is 20.1 Å². The van der Waals surface area contributed by atoms with Crippen LogP contribution in [0, 0.1) is 19.7 Å². The fraction of sp³-hybridized carbons (Fsp3) is 0.412. The molecular weight excluding hydrogens is 345 g/mol. The van der Waals surface area contributed by atoms with E-state index in [0.29, 0.717) is 22.4 Å². The van der Waals surface area contributed by atoms with Crippen molar-refractivity contribution in [2.75, 3.05) is 0 Å². The molecule has 0 bridgehead atoms. The minimum Gasteiger partial charge on any atom is -0.334 e. The normalized spacial score (nSPS) is 16.2. The van der Waals surface area contributed by atoms with Gasteiger partial charge in [0, 0.05) is 6.07 Å². The van der Waals surface area contributed by atoms with Crippen LogP contribution in [0.1, 0.15) is 42.9 Å². The summed E-state index contributed by atoms with van der Waals surface area (Å²) in [5.74, 6) is 0.283. The quantitative estimate of drug-likeness (QED) is 0.748. The van der Waals surface area contributed by atoms with Gasteiger partial charge in [-0.3, -0.25) is 0 Å². The number of fused-ring (bicyclic) bond motifs is 1. The Balaban J connectivity index is 0.00000182. The van der Waals surface area contributed by atoms with Crippen LogP contribution < -0.4 is 5.73 Å². The van der Waals surface area contributed by atoms with E-state index in [1.807, 2.05) is 13.8 Å². The Morgan fingerprint density at radius 3 is 2.48 bits per heavy atom. The van der Waals surface area contributed by atoms with Gasteiger partial charge in [-0.1, -0.05) is 18.0 Å². The van der Waals surface area contributed by atoms with Crippen LogP contribution in [0.15, 0.2) is 16.7 Å². The number of aromatic nitrogens is 4. The first kappa shape index (κ1) is 17.7. The van der Waals surface area contributed by atoms with Crippen molar-refractivity contribution in [3.8, 4) is 11.5 Å². The van der Waals surface area contributed by atoms with Crippen LogP contribution in [-0.2, 0) is 5.54 Å². The first-order valence-corrected chi connectivity index (χ1v) is 8.04. The number of nitrogens with two attached hydrogens (primary N) is 1. The molecule has 2 aromatic heterocycles. The SMILES string of the molecule is Cc1nc2cc(F)cc(-c3nc(C4(N)CCCC4)no3)c2nc1C.Cl. The zero-order valence-corrected chi connectivity index (χ0v) is 14.9. The van der Waals surface area contributed by atoms with E-state index in [-0.39, 0.29) is 18.3 Å². The van der Waals surface area contributed by atoms with Gasteiger partial charge in [-0.15, -0.1) is 12.4 Å². The lowest BCUT2D eigenvalue weighted by Gasteiger charge is -2.17. The highest BCUT2D eigenvalue weighted by atomic mass is 35.5. The standard InChI is InChI=1S/C17H18FN5O.ClH/c1-9-10(2)21-14-12(7-11(18)8-13(14)20-9)15-22-16(23-24-15)17(19)5-3-4-6-17;/h7-8H,3-6,19H2,1-2H3;1H. The molecule has 0 radical (unpaired) electrons. The Morgan fingerprint density at radius 1 is 1.08 bits per heavy atom. The number of nitrogens with zero attached hydrogens (tertiary/aromatic N) is 4. The summed E-state index contributed by atoms with van der Waals surface area (Å²) in [5, 5.41) is 4.04. The number of halogens is 2. The molecule has 4 rings (SSSR count). The van der Waals surface area contributed by atoms with E-state index in [0.717, 1.165) is 37.1 Å². The van der Waals surface area contributed by atoms with Crippen LogP contribution >= 0.6 is 12.4 Å². The molecule has 1 aliphatic carbocycles. The molecule has 6 nitrogen and oxygen atoms in total. The van der Waals surface area contributed by atoms with E-state index in [9.17, 15) is 4.39 Å². The minimum atomic E-state index is -0.553. The summed E-state index contributed by atoms with van der Waals surface area (Å²) in [7, 11) is 0. The summed E-state index contributed by atoms with van der Waals surface area (Å²) < 4.78 is 19.4. The third-order valence-corrected chi connectivity index (χ3v) is 4.74. The zero-order chi connectivity index (χ0) is 16.9. The van der Waals surface area contributed by atoms with Gasteiger partial charge >= 0.3 is 0 Å². The van der Waals surface area contributed by atoms with Crippen LogP contribution in [0.25, 0.3) is 22.5 Å². The summed E-state index contributed by atoms with van der Waals surface area (Å²) in [6.45, 7) is 3.71. The fourth-order valence-corrected chi connectivity index (χ4v) is 3.23. The molecule has 1 aromatic carbocycles. The molecule has 1 saturated carbocycles. The smallest absolute Gasteiger partial charge is 0.260 e. The fourth-order valence-electron chi connectivity index (χ4n) is 3.23. The van der Waals surface area contributed by atoms with Crippen molar-refractivity contribution in [2.24, 2.45) is 5.73 Å². The second kappa shape index (κ2) is 6.31. The van der Waals surface area contributed by atoms with Gasteiger partial charge in [0.25, 0.3) is 5.89 Å². The van der Waals surface area contributed by atoms with Crippen molar-refractivity contribution in [2.45, 2.75) is 45.1 Å². The van der Waals surface area contributed by atoms with Crippen molar-refractivity contribution < 1.29 is 8.91 Å². The lowest BCUT2D eigenvalue weighted by atomic mass is 9.98. The van der Waals surface area contributed by atoms with Crippen molar-refractivity contribution in [1.29, 1.82) is 0 Å². The summed E-state index contributed by atoms with van der Waals surface area (Å²) >= 11 is 0. The Kier molecular flexibility index (Phi) is 4.47. The zero-order valence-electron chi connectivity index (χ0n) is 14.0. The molecule has 0 amide bonds. The number of hydrogen-bond acceptors (Lipinski definition) is 6. The van der Waals surface area contributed by atoms with Crippen LogP contribution in [0.5, 0.6) is 0 Å². The topological polar surface area (TPSA) is 90.7 Å². The number of benzene rings is 1. The Hall–Kier alpha value is -2.12. The molecule has 1 aliphatic rings. The molecular formula is C17H19ClFN5O. The maximum atomic E-state index is 14.0. The second-order valence-electron chi connectivity index (χ2n) is 6.50. The Labute approximate surface area is 150 Å². The highest BCUT2D eigenvalue weighted by Crippen LogP contribution is 2.36. The van der Waals surface area contributed by atoms with Crippen LogP contribution in [0.2, 0.25) is 0 Å².